The molecule has 0 aromatic carbocycles. The first-order valence-electron chi connectivity index (χ1n) is 7.49. The predicted octanol–water partition coefficient (Wildman–Crippen LogP) is 3.86. The van der Waals surface area contributed by atoms with Crippen molar-refractivity contribution in [2.24, 2.45) is 5.92 Å². The molecule has 0 amide bonds. The van der Waals surface area contributed by atoms with E-state index in [1.165, 1.54) is 57.8 Å². The molecule has 0 aromatic heterocycles. The van der Waals surface area contributed by atoms with Gasteiger partial charge in [-0.1, -0.05) is 71.1 Å². The van der Waals surface area contributed by atoms with Gasteiger partial charge in [0.25, 0.3) is 0 Å². The van der Waals surface area contributed by atoms with E-state index in [-0.39, 0.29) is 11.7 Å². The molecular formula is C15H28O2. The first-order chi connectivity index (χ1) is 8.27. The summed E-state index contributed by atoms with van der Waals surface area (Å²) in [4.78, 5) is 10.9. The van der Waals surface area contributed by atoms with Gasteiger partial charge in [0.2, 0.25) is 0 Å². The lowest BCUT2D eigenvalue weighted by molar-refractivity contribution is -0.113. The van der Waals surface area contributed by atoms with Crippen LogP contribution in [0.1, 0.15) is 77.6 Å². The van der Waals surface area contributed by atoms with Gasteiger partial charge in [-0.3, -0.25) is 4.79 Å². The number of carbonyl (C=O) groups excluding carboxylic acids is 1. The fourth-order valence-electron chi connectivity index (χ4n) is 2.43. The van der Waals surface area contributed by atoms with E-state index in [2.05, 4.69) is 6.92 Å². The summed E-state index contributed by atoms with van der Waals surface area (Å²) in [6.45, 7) is 2.25. The van der Waals surface area contributed by atoms with E-state index in [0.717, 1.165) is 12.8 Å². The number of hydrogen-bond donors (Lipinski definition) is 1. The number of aliphatic hydroxyl groups excluding tert-OH is 1. The van der Waals surface area contributed by atoms with Crippen molar-refractivity contribution in [3.63, 3.8) is 0 Å². The highest BCUT2D eigenvalue weighted by atomic mass is 16.3. The summed E-state index contributed by atoms with van der Waals surface area (Å²) < 4.78 is 0. The zero-order chi connectivity index (χ0) is 12.5. The summed E-state index contributed by atoms with van der Waals surface area (Å²) in [6, 6.07) is 0. The summed E-state index contributed by atoms with van der Waals surface area (Å²) in [5, 5.41) is 9.09. The largest absolute Gasteiger partial charge is 0.385 e. The predicted molar refractivity (Wildman–Crippen MR) is 71.0 cm³/mol. The lowest BCUT2D eigenvalue weighted by Gasteiger charge is -2.01. The molecule has 2 nitrogen and oxygen atoms in total. The van der Waals surface area contributed by atoms with Crippen LogP contribution in [-0.2, 0) is 4.79 Å². The molecule has 0 aliphatic heterocycles. The number of aliphatic hydroxyl groups is 1. The average Bonchev–Trinajstić information content (AvgIpc) is 2.89. The van der Waals surface area contributed by atoms with Gasteiger partial charge < -0.3 is 5.11 Å². The number of carbonyl (C=O) groups is 1. The number of rotatable bonds is 11. The monoisotopic (exact) mass is 240 g/mol. The Labute approximate surface area is 106 Å². The van der Waals surface area contributed by atoms with Crippen LogP contribution in [-0.4, -0.2) is 17.0 Å². The fraction of sp³-hybridized carbons (Fsp3) is 0.933. The minimum absolute atomic E-state index is 0.00374. The molecule has 17 heavy (non-hydrogen) atoms. The summed E-state index contributed by atoms with van der Waals surface area (Å²) in [6.07, 6.45) is 13.6. The molecule has 0 bridgehead atoms. The van der Waals surface area contributed by atoms with Gasteiger partial charge in [0.05, 0.1) is 5.92 Å². The highest BCUT2D eigenvalue weighted by Crippen LogP contribution is 2.30. The molecule has 2 unspecified atom stereocenters. The third-order valence-electron chi connectivity index (χ3n) is 3.80. The van der Waals surface area contributed by atoms with Crippen LogP contribution in [0.2, 0.25) is 0 Å². The van der Waals surface area contributed by atoms with Crippen molar-refractivity contribution < 1.29 is 9.90 Å². The van der Waals surface area contributed by atoms with Crippen LogP contribution in [0.4, 0.5) is 0 Å². The molecule has 2 heteroatoms. The third kappa shape index (κ3) is 6.21. The summed E-state index contributed by atoms with van der Waals surface area (Å²) in [5.74, 6) is 0.0740. The Hall–Kier alpha value is -0.370. The number of Topliss-reactive ketones (excluding diaryl/α,β-unsaturated/α-hetero) is 1. The minimum atomic E-state index is -0.603. The molecule has 0 heterocycles. The second-order valence-electron chi connectivity index (χ2n) is 5.42. The van der Waals surface area contributed by atoms with Gasteiger partial charge in [-0.25, -0.2) is 0 Å². The van der Waals surface area contributed by atoms with E-state index in [1.807, 2.05) is 0 Å². The molecular weight excluding hydrogens is 212 g/mol. The summed E-state index contributed by atoms with van der Waals surface area (Å²) >= 11 is 0. The Bertz CT molecular complexity index is 213. The van der Waals surface area contributed by atoms with Crippen molar-refractivity contribution in [1.29, 1.82) is 0 Å². The number of hydrogen-bond acceptors (Lipinski definition) is 2. The Morgan fingerprint density at radius 3 is 1.71 bits per heavy atom. The smallest absolute Gasteiger partial charge is 0.168 e. The third-order valence-corrected chi connectivity index (χ3v) is 3.80. The molecule has 0 radical (unpaired) electrons. The van der Waals surface area contributed by atoms with Crippen molar-refractivity contribution in [3.05, 3.63) is 0 Å². The van der Waals surface area contributed by atoms with Crippen LogP contribution >= 0.6 is 0 Å². The van der Waals surface area contributed by atoms with Crippen LogP contribution in [0.3, 0.4) is 0 Å². The number of unbranched alkanes of at least 4 members (excludes halogenated alkanes) is 9. The van der Waals surface area contributed by atoms with E-state index in [9.17, 15) is 4.79 Å². The Morgan fingerprint density at radius 2 is 1.29 bits per heavy atom. The lowest BCUT2D eigenvalue weighted by Crippen LogP contribution is -1.86. The van der Waals surface area contributed by atoms with Gasteiger partial charge in [-0.2, -0.15) is 0 Å². The van der Waals surface area contributed by atoms with Gasteiger partial charge in [0, 0.05) is 0 Å². The van der Waals surface area contributed by atoms with Gasteiger partial charge >= 0.3 is 0 Å². The topological polar surface area (TPSA) is 37.3 Å². The van der Waals surface area contributed by atoms with E-state index >= 15 is 0 Å². The molecule has 1 fully saturated rings. The van der Waals surface area contributed by atoms with Crippen LogP contribution < -0.4 is 0 Å². The van der Waals surface area contributed by atoms with Crippen LogP contribution in [0, 0.1) is 5.92 Å². The highest BCUT2D eigenvalue weighted by molar-refractivity contribution is 6.01. The molecule has 1 aliphatic carbocycles. The number of ketones is 1. The fourth-order valence-corrected chi connectivity index (χ4v) is 2.43. The maximum Gasteiger partial charge on any atom is 0.168 e. The van der Waals surface area contributed by atoms with Crippen LogP contribution in [0.5, 0.6) is 0 Å². The molecule has 0 spiro atoms. The molecule has 100 valence electrons. The molecule has 1 rings (SSSR count). The molecule has 0 aromatic rings. The van der Waals surface area contributed by atoms with E-state index in [1.54, 1.807) is 0 Å². The Balaban J connectivity index is 1.72. The zero-order valence-electron chi connectivity index (χ0n) is 11.3. The van der Waals surface area contributed by atoms with Gasteiger partial charge in [0.1, 0.15) is 6.10 Å². The summed E-state index contributed by atoms with van der Waals surface area (Å²) in [5.41, 5.74) is 0. The van der Waals surface area contributed by atoms with E-state index in [0.29, 0.717) is 0 Å². The first-order valence-corrected chi connectivity index (χ1v) is 7.49. The minimum Gasteiger partial charge on any atom is -0.385 e. The Morgan fingerprint density at radius 1 is 0.882 bits per heavy atom. The molecule has 1 saturated carbocycles. The molecule has 2 atom stereocenters. The highest BCUT2D eigenvalue weighted by Gasteiger charge is 2.46. The second kappa shape index (κ2) is 8.68. The van der Waals surface area contributed by atoms with Crippen molar-refractivity contribution in [2.75, 3.05) is 0 Å². The normalized spacial score (nSPS) is 23.1. The molecule has 1 N–H and O–H groups in total. The average molecular weight is 240 g/mol. The molecule has 1 aliphatic rings. The van der Waals surface area contributed by atoms with Crippen LogP contribution in [0.25, 0.3) is 0 Å². The quantitative estimate of drug-likeness (QED) is 0.557. The maximum atomic E-state index is 10.9. The van der Waals surface area contributed by atoms with Gasteiger partial charge in [0.15, 0.2) is 5.78 Å². The first kappa shape index (κ1) is 14.7. The SMILES string of the molecule is CCCCCCCCCCCCC1C(=O)C1O. The maximum absolute atomic E-state index is 10.9. The van der Waals surface area contributed by atoms with Gasteiger partial charge in [-0.15, -0.1) is 0 Å². The van der Waals surface area contributed by atoms with E-state index in [4.69, 9.17) is 5.11 Å². The van der Waals surface area contributed by atoms with E-state index < -0.39 is 6.10 Å². The zero-order valence-corrected chi connectivity index (χ0v) is 11.3. The van der Waals surface area contributed by atoms with Crippen LogP contribution in [0.15, 0.2) is 0 Å². The lowest BCUT2D eigenvalue weighted by atomic mass is 10.0. The molecule has 0 saturated heterocycles. The summed E-state index contributed by atoms with van der Waals surface area (Å²) in [7, 11) is 0. The standard InChI is InChI=1S/C15H28O2/c1-2-3-4-5-6-7-8-9-10-11-12-13-14(16)15(13)17/h13-14,16H,2-12H2,1H3. The van der Waals surface area contributed by atoms with Gasteiger partial charge in [-0.05, 0) is 6.42 Å². The van der Waals surface area contributed by atoms with Crippen molar-refractivity contribution in [3.8, 4) is 0 Å². The van der Waals surface area contributed by atoms with Crippen molar-refractivity contribution in [1.82, 2.24) is 0 Å². The second-order valence-corrected chi connectivity index (χ2v) is 5.42. The van der Waals surface area contributed by atoms with Crippen molar-refractivity contribution in [2.45, 2.75) is 83.7 Å². The van der Waals surface area contributed by atoms with Crippen molar-refractivity contribution >= 4 is 5.78 Å². The Kier molecular flexibility index (Phi) is 7.50.